The zero-order valence-electron chi connectivity index (χ0n) is 13.4. The van der Waals surface area contributed by atoms with Crippen molar-refractivity contribution in [1.29, 1.82) is 0 Å². The van der Waals surface area contributed by atoms with Crippen LogP contribution in [0, 0.1) is 0 Å². The van der Waals surface area contributed by atoms with Crippen molar-refractivity contribution in [2.24, 2.45) is 0 Å². The van der Waals surface area contributed by atoms with Gasteiger partial charge < -0.3 is 0 Å². The van der Waals surface area contributed by atoms with E-state index in [1.807, 2.05) is 18.2 Å². The molecule has 25 heavy (non-hydrogen) atoms. The van der Waals surface area contributed by atoms with Crippen LogP contribution in [0.4, 0.5) is 5.13 Å². The Balaban J connectivity index is 1.78. The number of anilines is 1. The van der Waals surface area contributed by atoms with Gasteiger partial charge in [-0.1, -0.05) is 71.8 Å². The highest BCUT2D eigenvalue weighted by atomic mass is 35.5. The van der Waals surface area contributed by atoms with Gasteiger partial charge in [0, 0.05) is 10.9 Å². The molecule has 0 aliphatic rings. The first kappa shape index (κ1) is 17.9. The number of carbonyl (C=O) groups is 1. The van der Waals surface area contributed by atoms with Crippen molar-refractivity contribution in [3.8, 4) is 0 Å². The van der Waals surface area contributed by atoms with E-state index in [0.29, 0.717) is 20.7 Å². The molecule has 0 saturated carbocycles. The summed E-state index contributed by atoms with van der Waals surface area (Å²) in [6.45, 7) is 2.10. The molecule has 7 heteroatoms. The summed E-state index contributed by atoms with van der Waals surface area (Å²) in [5.41, 5.74) is 1.53. The number of benzene rings is 2. The van der Waals surface area contributed by atoms with Crippen LogP contribution >= 0.6 is 34.5 Å². The number of nitrogens with zero attached hydrogens (tertiary/aromatic N) is 2. The zero-order valence-corrected chi connectivity index (χ0v) is 15.7. The van der Waals surface area contributed by atoms with E-state index < -0.39 is 0 Å². The average Bonchev–Trinajstić information content (AvgIpc) is 3.04. The van der Waals surface area contributed by atoms with Crippen molar-refractivity contribution in [1.82, 2.24) is 10.2 Å². The summed E-state index contributed by atoms with van der Waals surface area (Å²) in [6, 6.07) is 14.9. The largest absolute Gasteiger partial charge is 0.296 e. The highest BCUT2D eigenvalue weighted by Crippen LogP contribution is 2.32. The molecule has 0 bridgehead atoms. The van der Waals surface area contributed by atoms with Gasteiger partial charge in [-0.25, -0.2) is 0 Å². The second-order valence-electron chi connectivity index (χ2n) is 5.40. The Morgan fingerprint density at radius 2 is 1.92 bits per heavy atom. The Labute approximate surface area is 159 Å². The van der Waals surface area contributed by atoms with Gasteiger partial charge in [0.05, 0.1) is 10.6 Å². The van der Waals surface area contributed by atoms with Crippen LogP contribution in [0.1, 0.15) is 40.2 Å². The van der Waals surface area contributed by atoms with Crippen molar-refractivity contribution in [2.45, 2.75) is 19.3 Å². The van der Waals surface area contributed by atoms with Crippen LogP contribution in [0.15, 0.2) is 48.5 Å². The van der Waals surface area contributed by atoms with Gasteiger partial charge in [-0.05, 0) is 30.2 Å². The fourth-order valence-electron chi connectivity index (χ4n) is 2.50. The third-order valence-electron chi connectivity index (χ3n) is 3.75. The molecule has 0 aliphatic heterocycles. The Morgan fingerprint density at radius 1 is 1.16 bits per heavy atom. The predicted molar refractivity (Wildman–Crippen MR) is 103 cm³/mol. The van der Waals surface area contributed by atoms with Crippen LogP contribution in [-0.2, 0) is 0 Å². The molecule has 0 unspecified atom stereocenters. The molecule has 1 N–H and O–H groups in total. The molecule has 3 rings (SSSR count). The summed E-state index contributed by atoms with van der Waals surface area (Å²) in [4.78, 5) is 12.4. The highest BCUT2D eigenvalue weighted by Gasteiger charge is 2.19. The van der Waals surface area contributed by atoms with Crippen molar-refractivity contribution in [3.63, 3.8) is 0 Å². The standard InChI is InChI=1S/C18H15Cl2N3OS/c1-2-13(11-6-4-3-5-7-11)17-22-23-18(25-17)21-16(24)14-9-8-12(19)10-15(14)20/h3-10,13H,2H2,1H3,(H,21,23,24)/t13-/m0/s1. The van der Waals surface area contributed by atoms with Crippen molar-refractivity contribution < 1.29 is 4.79 Å². The first-order chi connectivity index (χ1) is 12.1. The number of amides is 1. The molecular formula is C18H15Cl2N3OS. The van der Waals surface area contributed by atoms with Crippen LogP contribution in [0.25, 0.3) is 0 Å². The van der Waals surface area contributed by atoms with Crippen LogP contribution < -0.4 is 5.32 Å². The summed E-state index contributed by atoms with van der Waals surface area (Å²) in [6.07, 6.45) is 0.898. The van der Waals surface area contributed by atoms with Crippen LogP contribution in [0.2, 0.25) is 10.0 Å². The summed E-state index contributed by atoms with van der Waals surface area (Å²) in [7, 11) is 0. The van der Waals surface area contributed by atoms with E-state index in [2.05, 4.69) is 34.6 Å². The smallest absolute Gasteiger partial charge is 0.259 e. The Morgan fingerprint density at radius 3 is 2.60 bits per heavy atom. The van der Waals surface area contributed by atoms with Gasteiger partial charge in [0.1, 0.15) is 5.01 Å². The van der Waals surface area contributed by atoms with Gasteiger partial charge in [0.15, 0.2) is 0 Å². The van der Waals surface area contributed by atoms with E-state index in [1.165, 1.54) is 23.0 Å². The predicted octanol–water partition coefficient (Wildman–Crippen LogP) is 5.64. The molecule has 1 amide bonds. The second kappa shape index (κ2) is 7.95. The SMILES string of the molecule is CC[C@@H](c1ccccc1)c1nnc(NC(=O)c2ccc(Cl)cc2Cl)s1. The number of aromatic nitrogens is 2. The van der Waals surface area contributed by atoms with Crippen molar-refractivity contribution >= 4 is 45.6 Å². The van der Waals surface area contributed by atoms with Crippen LogP contribution in [0.3, 0.4) is 0 Å². The fourth-order valence-corrected chi connectivity index (χ4v) is 3.95. The molecule has 3 aromatic rings. The van der Waals surface area contributed by atoms with Gasteiger partial charge >= 0.3 is 0 Å². The lowest BCUT2D eigenvalue weighted by Gasteiger charge is -2.11. The summed E-state index contributed by atoms with van der Waals surface area (Å²) < 4.78 is 0. The monoisotopic (exact) mass is 391 g/mol. The minimum absolute atomic E-state index is 0.156. The van der Waals surface area contributed by atoms with Crippen molar-refractivity contribution in [2.75, 3.05) is 5.32 Å². The molecule has 0 radical (unpaired) electrons. The third-order valence-corrected chi connectivity index (χ3v) is 5.25. The second-order valence-corrected chi connectivity index (χ2v) is 7.25. The number of hydrogen-bond donors (Lipinski definition) is 1. The lowest BCUT2D eigenvalue weighted by molar-refractivity contribution is 0.102. The maximum Gasteiger partial charge on any atom is 0.259 e. The molecule has 4 nitrogen and oxygen atoms in total. The summed E-state index contributed by atoms with van der Waals surface area (Å²) in [5.74, 6) is -0.180. The van der Waals surface area contributed by atoms with Crippen LogP contribution in [-0.4, -0.2) is 16.1 Å². The van der Waals surface area contributed by atoms with E-state index in [-0.39, 0.29) is 11.8 Å². The number of nitrogens with one attached hydrogen (secondary N) is 1. The van der Waals surface area contributed by atoms with E-state index in [1.54, 1.807) is 12.1 Å². The van der Waals surface area contributed by atoms with Gasteiger partial charge in [0.2, 0.25) is 5.13 Å². The van der Waals surface area contributed by atoms with Gasteiger partial charge in [-0.3, -0.25) is 10.1 Å². The normalized spacial score (nSPS) is 12.0. The van der Waals surface area contributed by atoms with Gasteiger partial charge in [0.25, 0.3) is 5.91 Å². The van der Waals surface area contributed by atoms with E-state index in [4.69, 9.17) is 23.2 Å². The molecular weight excluding hydrogens is 377 g/mol. The topological polar surface area (TPSA) is 54.9 Å². The molecule has 2 aromatic carbocycles. The highest BCUT2D eigenvalue weighted by molar-refractivity contribution is 7.15. The van der Waals surface area contributed by atoms with E-state index in [0.717, 1.165) is 11.4 Å². The van der Waals surface area contributed by atoms with E-state index in [9.17, 15) is 4.79 Å². The van der Waals surface area contributed by atoms with Crippen molar-refractivity contribution in [3.05, 3.63) is 74.7 Å². The fraction of sp³-hybridized carbons (Fsp3) is 0.167. The summed E-state index contributed by atoms with van der Waals surface area (Å²) >= 11 is 13.3. The average molecular weight is 392 g/mol. The minimum Gasteiger partial charge on any atom is -0.296 e. The number of hydrogen-bond acceptors (Lipinski definition) is 4. The number of rotatable bonds is 5. The third kappa shape index (κ3) is 4.18. The number of halogens is 2. The Bertz CT molecular complexity index is 883. The Kier molecular flexibility index (Phi) is 5.68. The summed E-state index contributed by atoms with van der Waals surface area (Å²) in [5, 5.41) is 13.2. The molecule has 128 valence electrons. The van der Waals surface area contributed by atoms with Gasteiger partial charge in [-0.15, -0.1) is 10.2 Å². The number of carbonyl (C=O) groups excluding carboxylic acids is 1. The molecule has 1 aromatic heterocycles. The zero-order chi connectivity index (χ0) is 17.8. The Hall–Kier alpha value is -1.95. The molecule has 1 heterocycles. The first-order valence-corrected chi connectivity index (χ1v) is 9.30. The van der Waals surface area contributed by atoms with Crippen LogP contribution in [0.5, 0.6) is 0 Å². The quantitative estimate of drug-likeness (QED) is 0.611. The lowest BCUT2D eigenvalue weighted by Crippen LogP contribution is -2.12. The van der Waals surface area contributed by atoms with E-state index >= 15 is 0 Å². The van der Waals surface area contributed by atoms with Gasteiger partial charge in [-0.2, -0.15) is 0 Å². The molecule has 1 atom stereocenters. The minimum atomic E-state index is -0.336. The molecule has 0 aliphatic carbocycles. The maximum atomic E-state index is 12.4. The first-order valence-electron chi connectivity index (χ1n) is 7.73. The lowest BCUT2D eigenvalue weighted by atomic mass is 9.97. The molecule has 0 saturated heterocycles. The maximum absolute atomic E-state index is 12.4. The molecule has 0 fully saturated rings. The molecule has 0 spiro atoms.